The van der Waals surface area contributed by atoms with Crippen LogP contribution in [0.1, 0.15) is 27.8 Å². The standard InChI is InChI=1S/C25H21Cl3N4O3S/c1-15-7-9-19(10-8-15)32-16(2)29-30-25(32)36-23(13-31(33)34)18-11-21(27)24(22(28)12-18)35-14-17-5-3-4-6-20(17)26/h3-12,23H,13-14H2,1-2H3/t23-/m1/s1. The molecule has 186 valence electrons. The molecule has 0 aliphatic heterocycles. The fraction of sp³-hybridized carbons (Fsp3) is 0.200. The highest BCUT2D eigenvalue weighted by Crippen LogP contribution is 2.42. The number of thioether (sulfide) groups is 1. The van der Waals surface area contributed by atoms with Crippen LogP contribution < -0.4 is 4.74 Å². The third kappa shape index (κ3) is 6.13. The summed E-state index contributed by atoms with van der Waals surface area (Å²) in [5.74, 6) is 0.950. The molecule has 7 nitrogen and oxygen atoms in total. The average Bonchev–Trinajstić information content (AvgIpc) is 3.19. The molecule has 0 amide bonds. The third-order valence-electron chi connectivity index (χ3n) is 5.37. The van der Waals surface area contributed by atoms with Gasteiger partial charge < -0.3 is 4.74 Å². The van der Waals surface area contributed by atoms with E-state index in [0.29, 0.717) is 21.6 Å². The van der Waals surface area contributed by atoms with Gasteiger partial charge in [-0.25, -0.2) is 0 Å². The number of ether oxygens (including phenoxy) is 1. The van der Waals surface area contributed by atoms with E-state index in [-0.39, 0.29) is 33.9 Å². The Bertz CT molecular complexity index is 1370. The van der Waals surface area contributed by atoms with Crippen molar-refractivity contribution in [2.75, 3.05) is 6.54 Å². The van der Waals surface area contributed by atoms with Crippen LogP contribution in [0.2, 0.25) is 15.1 Å². The van der Waals surface area contributed by atoms with Crippen LogP contribution in [0.25, 0.3) is 5.69 Å². The zero-order valence-corrected chi connectivity index (χ0v) is 22.4. The van der Waals surface area contributed by atoms with Gasteiger partial charge in [-0.2, -0.15) is 0 Å². The molecule has 0 aliphatic rings. The molecule has 3 aromatic carbocycles. The molecule has 0 radical (unpaired) electrons. The normalized spacial score (nSPS) is 11.9. The van der Waals surface area contributed by atoms with Crippen molar-refractivity contribution < 1.29 is 9.66 Å². The summed E-state index contributed by atoms with van der Waals surface area (Å²) in [6.07, 6.45) is 0. The van der Waals surface area contributed by atoms with Crippen molar-refractivity contribution in [2.24, 2.45) is 0 Å². The van der Waals surface area contributed by atoms with E-state index >= 15 is 0 Å². The lowest BCUT2D eigenvalue weighted by atomic mass is 10.1. The number of nitrogens with zero attached hydrogens (tertiary/aromatic N) is 4. The second-order valence-electron chi connectivity index (χ2n) is 8.02. The molecular formula is C25H21Cl3N4O3S. The first-order valence-electron chi connectivity index (χ1n) is 10.9. The molecule has 0 unspecified atom stereocenters. The molecule has 36 heavy (non-hydrogen) atoms. The maximum Gasteiger partial charge on any atom is 0.220 e. The van der Waals surface area contributed by atoms with Gasteiger partial charge in [0.1, 0.15) is 17.7 Å². The first-order valence-corrected chi connectivity index (χ1v) is 12.9. The van der Waals surface area contributed by atoms with Crippen LogP contribution in [-0.4, -0.2) is 26.2 Å². The number of hydrogen-bond acceptors (Lipinski definition) is 6. The molecule has 0 spiro atoms. The minimum Gasteiger partial charge on any atom is -0.486 e. The lowest BCUT2D eigenvalue weighted by Gasteiger charge is -2.17. The molecule has 4 rings (SSSR count). The highest BCUT2D eigenvalue weighted by atomic mass is 35.5. The van der Waals surface area contributed by atoms with Crippen LogP contribution in [0.4, 0.5) is 0 Å². The first kappa shape index (κ1) is 26.3. The second-order valence-corrected chi connectivity index (χ2v) is 10.4. The van der Waals surface area contributed by atoms with Crippen molar-refractivity contribution in [3.05, 3.63) is 108 Å². The quantitative estimate of drug-likeness (QED) is 0.119. The lowest BCUT2D eigenvalue weighted by Crippen LogP contribution is -2.11. The molecule has 0 fully saturated rings. The Labute approximate surface area is 227 Å². The van der Waals surface area contributed by atoms with Gasteiger partial charge in [-0.1, -0.05) is 82.5 Å². The zero-order valence-electron chi connectivity index (χ0n) is 19.3. The van der Waals surface area contributed by atoms with E-state index in [4.69, 9.17) is 39.5 Å². The van der Waals surface area contributed by atoms with Gasteiger partial charge >= 0.3 is 0 Å². The fourth-order valence-electron chi connectivity index (χ4n) is 3.55. The molecule has 1 aromatic heterocycles. The van der Waals surface area contributed by atoms with Crippen LogP contribution in [0.3, 0.4) is 0 Å². The van der Waals surface area contributed by atoms with Gasteiger partial charge in [-0.05, 0) is 49.7 Å². The van der Waals surface area contributed by atoms with Gasteiger partial charge in [0, 0.05) is 21.2 Å². The molecule has 11 heteroatoms. The summed E-state index contributed by atoms with van der Waals surface area (Å²) in [4.78, 5) is 11.2. The van der Waals surface area contributed by atoms with E-state index in [2.05, 4.69) is 10.2 Å². The summed E-state index contributed by atoms with van der Waals surface area (Å²) in [5, 5.41) is 21.0. The number of aryl methyl sites for hydroxylation is 2. The highest BCUT2D eigenvalue weighted by Gasteiger charge is 2.26. The number of halogens is 3. The van der Waals surface area contributed by atoms with Gasteiger partial charge in [-0.3, -0.25) is 14.7 Å². The largest absolute Gasteiger partial charge is 0.486 e. The van der Waals surface area contributed by atoms with Crippen molar-refractivity contribution in [3.8, 4) is 11.4 Å². The minimum absolute atomic E-state index is 0.171. The Kier molecular flexibility index (Phi) is 8.41. The Balaban J connectivity index is 1.62. The van der Waals surface area contributed by atoms with Crippen LogP contribution >= 0.6 is 46.6 Å². The SMILES string of the molecule is Cc1ccc(-n2c(C)nnc2S[C@H](C[N+](=O)[O-])c2cc(Cl)c(OCc3ccccc3Cl)c(Cl)c2)cc1. The molecule has 1 atom stereocenters. The maximum atomic E-state index is 11.5. The molecule has 4 aromatic rings. The van der Waals surface area contributed by atoms with Gasteiger partial charge in [-0.15, -0.1) is 10.2 Å². The number of benzene rings is 3. The van der Waals surface area contributed by atoms with Crippen LogP contribution in [-0.2, 0) is 6.61 Å². The predicted octanol–water partition coefficient (Wildman–Crippen LogP) is 7.53. The lowest BCUT2D eigenvalue weighted by molar-refractivity contribution is -0.479. The Morgan fingerprint density at radius 1 is 1.00 bits per heavy atom. The molecular weight excluding hydrogens is 543 g/mol. The van der Waals surface area contributed by atoms with Gasteiger partial charge in [0.2, 0.25) is 6.54 Å². The van der Waals surface area contributed by atoms with Crippen molar-refractivity contribution in [1.29, 1.82) is 0 Å². The fourth-order valence-corrected chi connectivity index (χ4v) is 5.51. The first-order chi connectivity index (χ1) is 17.2. The smallest absolute Gasteiger partial charge is 0.220 e. The average molecular weight is 564 g/mol. The summed E-state index contributed by atoms with van der Waals surface area (Å²) in [5.41, 5.74) is 3.34. The van der Waals surface area contributed by atoms with Crippen molar-refractivity contribution in [3.63, 3.8) is 0 Å². The molecule has 0 bridgehead atoms. The van der Waals surface area contributed by atoms with E-state index in [9.17, 15) is 10.1 Å². The Morgan fingerprint density at radius 3 is 2.31 bits per heavy atom. The molecule has 0 saturated heterocycles. The van der Waals surface area contributed by atoms with Gasteiger partial charge in [0.25, 0.3) is 0 Å². The second kappa shape index (κ2) is 11.5. The minimum atomic E-state index is -0.625. The van der Waals surface area contributed by atoms with Gasteiger partial charge in [0.05, 0.1) is 10.0 Å². The molecule has 1 heterocycles. The third-order valence-corrected chi connectivity index (χ3v) is 7.48. The Morgan fingerprint density at radius 2 is 1.67 bits per heavy atom. The van der Waals surface area contributed by atoms with Crippen LogP contribution in [0.15, 0.2) is 65.8 Å². The summed E-state index contributed by atoms with van der Waals surface area (Å²) >= 11 is 20.5. The van der Waals surface area contributed by atoms with Crippen LogP contribution in [0.5, 0.6) is 5.75 Å². The van der Waals surface area contributed by atoms with E-state index in [1.165, 1.54) is 11.8 Å². The maximum absolute atomic E-state index is 11.5. The number of aromatic nitrogens is 3. The number of hydrogen-bond donors (Lipinski definition) is 0. The van der Waals surface area contributed by atoms with E-state index < -0.39 is 5.25 Å². The summed E-state index contributed by atoms with van der Waals surface area (Å²) in [6.45, 7) is 3.64. The van der Waals surface area contributed by atoms with E-state index in [1.807, 2.05) is 60.9 Å². The van der Waals surface area contributed by atoms with Crippen molar-refractivity contribution in [1.82, 2.24) is 14.8 Å². The summed E-state index contributed by atoms with van der Waals surface area (Å²) in [6, 6.07) is 18.4. The van der Waals surface area contributed by atoms with Crippen LogP contribution in [0, 0.1) is 24.0 Å². The zero-order chi connectivity index (χ0) is 25.8. The summed E-state index contributed by atoms with van der Waals surface area (Å²) < 4.78 is 7.71. The number of rotatable bonds is 9. The highest BCUT2D eigenvalue weighted by molar-refractivity contribution is 7.99. The van der Waals surface area contributed by atoms with Crippen molar-refractivity contribution >= 4 is 46.6 Å². The Hall–Kier alpha value is -2.78. The number of nitro groups is 1. The predicted molar refractivity (Wildman–Crippen MR) is 144 cm³/mol. The van der Waals surface area contributed by atoms with E-state index in [1.54, 1.807) is 18.2 Å². The van der Waals surface area contributed by atoms with Gasteiger partial charge in [0.15, 0.2) is 10.9 Å². The van der Waals surface area contributed by atoms with E-state index in [0.717, 1.165) is 16.8 Å². The monoisotopic (exact) mass is 562 g/mol. The molecule has 0 N–H and O–H groups in total. The summed E-state index contributed by atoms with van der Waals surface area (Å²) in [7, 11) is 0. The topological polar surface area (TPSA) is 83.1 Å². The molecule has 0 saturated carbocycles. The molecule has 0 aliphatic carbocycles. The van der Waals surface area contributed by atoms with Crippen molar-refractivity contribution in [2.45, 2.75) is 30.9 Å².